The first-order chi connectivity index (χ1) is 8.79. The first-order valence-corrected chi connectivity index (χ1v) is 6.82. The van der Waals surface area contributed by atoms with Crippen LogP contribution in [0, 0.1) is 5.41 Å². The topological polar surface area (TPSA) is 65.1 Å². The number of hydrazine groups is 1. The molecule has 110 valence electrons. The fourth-order valence-electron chi connectivity index (χ4n) is 2.37. The summed E-state index contributed by atoms with van der Waals surface area (Å²) >= 11 is 0. The van der Waals surface area contributed by atoms with Crippen LogP contribution in [0.2, 0.25) is 0 Å². The minimum absolute atomic E-state index is 0.0202. The van der Waals surface area contributed by atoms with E-state index in [1.807, 2.05) is 16.9 Å². The predicted molar refractivity (Wildman–Crippen MR) is 77.7 cm³/mol. The molecule has 0 aliphatic carbocycles. The smallest absolute Gasteiger partial charge is 0.0789 e. The Morgan fingerprint density at radius 3 is 2.42 bits per heavy atom. The van der Waals surface area contributed by atoms with E-state index in [0.717, 1.165) is 12.1 Å². The van der Waals surface area contributed by atoms with E-state index in [4.69, 9.17) is 10.6 Å². The van der Waals surface area contributed by atoms with E-state index in [2.05, 4.69) is 45.1 Å². The highest BCUT2D eigenvalue weighted by atomic mass is 16.5. The summed E-state index contributed by atoms with van der Waals surface area (Å²) in [7, 11) is 1.73. The van der Waals surface area contributed by atoms with Crippen molar-refractivity contribution < 1.29 is 4.74 Å². The number of methoxy groups -OCH3 is 1. The van der Waals surface area contributed by atoms with E-state index in [1.54, 1.807) is 7.11 Å². The molecule has 0 spiro atoms. The first kappa shape index (κ1) is 16.1. The fraction of sp³-hybridized carbons (Fsp3) is 0.786. The lowest BCUT2D eigenvalue weighted by Gasteiger charge is -2.35. The van der Waals surface area contributed by atoms with Crippen molar-refractivity contribution in [2.45, 2.75) is 59.2 Å². The number of aromatic nitrogens is 2. The molecule has 0 aliphatic rings. The number of nitrogens with zero attached hydrogens (tertiary/aromatic N) is 2. The van der Waals surface area contributed by atoms with Crippen LogP contribution >= 0.6 is 0 Å². The molecule has 0 aromatic carbocycles. The van der Waals surface area contributed by atoms with Crippen molar-refractivity contribution in [3.05, 3.63) is 18.0 Å². The maximum atomic E-state index is 5.70. The van der Waals surface area contributed by atoms with Gasteiger partial charge in [0.1, 0.15) is 0 Å². The molecule has 2 atom stereocenters. The van der Waals surface area contributed by atoms with Crippen molar-refractivity contribution in [3.63, 3.8) is 0 Å². The lowest BCUT2D eigenvalue weighted by atomic mass is 9.83. The molecule has 0 saturated heterocycles. The zero-order chi connectivity index (χ0) is 14.6. The third-order valence-corrected chi connectivity index (χ3v) is 3.31. The molecule has 5 nitrogen and oxygen atoms in total. The van der Waals surface area contributed by atoms with Gasteiger partial charge in [-0.3, -0.25) is 16.0 Å². The van der Waals surface area contributed by atoms with E-state index < -0.39 is 0 Å². The van der Waals surface area contributed by atoms with Gasteiger partial charge < -0.3 is 4.74 Å². The Balaban J connectivity index is 2.80. The van der Waals surface area contributed by atoms with Gasteiger partial charge in [-0.2, -0.15) is 5.10 Å². The Bertz CT molecular complexity index is 381. The van der Waals surface area contributed by atoms with Crippen LogP contribution in [0.1, 0.15) is 46.4 Å². The summed E-state index contributed by atoms with van der Waals surface area (Å²) < 4.78 is 7.58. The fourth-order valence-corrected chi connectivity index (χ4v) is 2.37. The average Bonchev–Trinajstić information content (AvgIpc) is 2.75. The SMILES string of the molecule is COC(C(Cc1ccn(C(C)C)n1)NN)C(C)(C)C. The maximum absolute atomic E-state index is 5.70. The highest BCUT2D eigenvalue weighted by molar-refractivity contribution is 5.04. The first-order valence-electron chi connectivity index (χ1n) is 6.82. The Hall–Kier alpha value is -0.910. The van der Waals surface area contributed by atoms with Crippen molar-refractivity contribution in [1.29, 1.82) is 0 Å². The van der Waals surface area contributed by atoms with E-state index in [9.17, 15) is 0 Å². The van der Waals surface area contributed by atoms with Crippen molar-refractivity contribution >= 4 is 0 Å². The van der Waals surface area contributed by atoms with E-state index in [1.165, 1.54) is 0 Å². The van der Waals surface area contributed by atoms with Crippen LogP contribution in [0.5, 0.6) is 0 Å². The van der Waals surface area contributed by atoms with Crippen molar-refractivity contribution in [2.24, 2.45) is 11.3 Å². The molecule has 1 heterocycles. The van der Waals surface area contributed by atoms with Gasteiger partial charge in [0.15, 0.2) is 0 Å². The summed E-state index contributed by atoms with van der Waals surface area (Å²) in [6.07, 6.45) is 2.79. The van der Waals surface area contributed by atoms with E-state index >= 15 is 0 Å². The zero-order valence-electron chi connectivity index (χ0n) is 13.0. The largest absolute Gasteiger partial charge is 0.379 e. The molecule has 3 N–H and O–H groups in total. The summed E-state index contributed by atoms with van der Waals surface area (Å²) in [6.45, 7) is 10.7. The number of nitrogens with one attached hydrogen (secondary N) is 1. The molecule has 5 heteroatoms. The summed E-state index contributed by atoms with van der Waals surface area (Å²) in [5.41, 5.74) is 3.92. The molecule has 0 aliphatic heterocycles. The van der Waals surface area contributed by atoms with Gasteiger partial charge >= 0.3 is 0 Å². The summed E-state index contributed by atoms with van der Waals surface area (Å²) in [5, 5.41) is 4.56. The summed E-state index contributed by atoms with van der Waals surface area (Å²) in [5.74, 6) is 5.70. The number of hydrogen-bond acceptors (Lipinski definition) is 4. The van der Waals surface area contributed by atoms with Crippen LogP contribution in [0.25, 0.3) is 0 Å². The number of nitrogens with two attached hydrogens (primary N) is 1. The molecule has 0 saturated carbocycles. The summed E-state index contributed by atoms with van der Waals surface area (Å²) in [4.78, 5) is 0. The maximum Gasteiger partial charge on any atom is 0.0789 e. The van der Waals surface area contributed by atoms with Gasteiger partial charge in [0, 0.05) is 25.8 Å². The quantitative estimate of drug-likeness (QED) is 0.611. The molecule has 1 rings (SSSR count). The molecule has 0 bridgehead atoms. The van der Waals surface area contributed by atoms with Gasteiger partial charge in [-0.1, -0.05) is 20.8 Å². The molecule has 1 aromatic heterocycles. The van der Waals surface area contributed by atoms with Crippen LogP contribution in [0.15, 0.2) is 12.3 Å². The van der Waals surface area contributed by atoms with E-state index in [0.29, 0.717) is 6.04 Å². The van der Waals surface area contributed by atoms with Crippen LogP contribution < -0.4 is 11.3 Å². The molecule has 0 fully saturated rings. The highest BCUT2D eigenvalue weighted by Crippen LogP contribution is 2.25. The number of rotatable bonds is 6. The predicted octanol–water partition coefficient (Wildman–Crippen LogP) is 1.90. The molecule has 1 aromatic rings. The average molecular weight is 268 g/mol. The Morgan fingerprint density at radius 2 is 2.05 bits per heavy atom. The van der Waals surface area contributed by atoms with Crippen molar-refractivity contribution in [3.8, 4) is 0 Å². The van der Waals surface area contributed by atoms with Gasteiger partial charge in [0.2, 0.25) is 0 Å². The minimum atomic E-state index is 0.0202. The van der Waals surface area contributed by atoms with Gasteiger partial charge in [-0.15, -0.1) is 0 Å². The second-order valence-electron chi connectivity index (χ2n) is 6.38. The van der Waals surface area contributed by atoms with Gasteiger partial charge in [0.05, 0.1) is 17.8 Å². The second kappa shape index (κ2) is 6.50. The van der Waals surface area contributed by atoms with Crippen molar-refractivity contribution in [2.75, 3.05) is 7.11 Å². The second-order valence-corrected chi connectivity index (χ2v) is 6.38. The normalized spacial score (nSPS) is 15.8. The van der Waals surface area contributed by atoms with Crippen LogP contribution in [0.4, 0.5) is 0 Å². The standard InChI is InChI=1S/C14H28N4O/c1-10(2)18-8-7-11(17-18)9-12(16-15)13(19-6)14(3,4)5/h7-8,10,12-13,16H,9,15H2,1-6H3. The van der Waals surface area contributed by atoms with Crippen molar-refractivity contribution in [1.82, 2.24) is 15.2 Å². The lowest BCUT2D eigenvalue weighted by Crippen LogP contribution is -2.51. The third-order valence-electron chi connectivity index (χ3n) is 3.31. The lowest BCUT2D eigenvalue weighted by molar-refractivity contribution is -0.0113. The van der Waals surface area contributed by atoms with Gasteiger partial charge in [0.25, 0.3) is 0 Å². The zero-order valence-corrected chi connectivity index (χ0v) is 13.0. The summed E-state index contributed by atoms with van der Waals surface area (Å²) in [6, 6.07) is 2.46. The van der Waals surface area contributed by atoms with Gasteiger partial charge in [-0.25, -0.2) is 0 Å². The van der Waals surface area contributed by atoms with E-state index in [-0.39, 0.29) is 17.6 Å². The molecule has 19 heavy (non-hydrogen) atoms. The number of ether oxygens (including phenoxy) is 1. The molecule has 0 radical (unpaired) electrons. The Labute approximate surface area is 116 Å². The number of hydrogen-bond donors (Lipinski definition) is 2. The molecule has 0 amide bonds. The Morgan fingerprint density at radius 1 is 1.42 bits per heavy atom. The molecular formula is C14H28N4O. The third kappa shape index (κ3) is 4.30. The Kier molecular flexibility index (Phi) is 5.52. The van der Waals surface area contributed by atoms with Crippen LogP contribution in [-0.4, -0.2) is 29.0 Å². The molecular weight excluding hydrogens is 240 g/mol. The van der Waals surface area contributed by atoms with Gasteiger partial charge in [-0.05, 0) is 25.3 Å². The van der Waals surface area contributed by atoms with Crippen LogP contribution in [0.3, 0.4) is 0 Å². The molecule has 2 unspecified atom stereocenters. The minimum Gasteiger partial charge on any atom is -0.379 e. The monoisotopic (exact) mass is 268 g/mol. The highest BCUT2D eigenvalue weighted by Gasteiger charge is 2.32. The van der Waals surface area contributed by atoms with Crippen LogP contribution in [-0.2, 0) is 11.2 Å².